The molecule has 0 aliphatic carbocycles. The molecule has 12 aromatic rings. The standard InChI is InChI=1S/C72H54BN3O/c1-45-22-20-23-46(2)69(45)75-63-44-51(74-61-34-16-12-28-53(61)54-29-13-17-35-62(54)74)38-39-59(63)73-60-41-49(47-24-8-6-9-25-47)40-58-56-31-15-19-37-67(56)77-66-36-18-14-30-55(66)57-33-21-32-52(48-26-10-7-11-27-48)70(57)76(71(58)60)65-43-50(72(3,4)5)42-64(75)68(65)73/h6-44H,1-5H3. The maximum atomic E-state index is 7.29. The van der Waals surface area contributed by atoms with Crippen molar-refractivity contribution >= 4 is 79.0 Å². The van der Waals surface area contributed by atoms with Gasteiger partial charge >= 0.3 is 0 Å². The molecule has 3 aliphatic rings. The molecular formula is C72H54BN3O. The van der Waals surface area contributed by atoms with E-state index in [-0.39, 0.29) is 12.1 Å². The van der Waals surface area contributed by atoms with Crippen LogP contribution < -0.4 is 30.9 Å². The number of hydrogen-bond acceptors (Lipinski definition) is 3. The van der Waals surface area contributed by atoms with Gasteiger partial charge in [-0.25, -0.2) is 0 Å². The zero-order chi connectivity index (χ0) is 51.7. The highest BCUT2D eigenvalue weighted by Gasteiger charge is 2.47. The van der Waals surface area contributed by atoms with E-state index in [2.05, 4.69) is 286 Å². The average molecular weight is 988 g/mol. The predicted molar refractivity (Wildman–Crippen MR) is 325 cm³/mol. The summed E-state index contributed by atoms with van der Waals surface area (Å²) >= 11 is 0. The first-order chi connectivity index (χ1) is 37.7. The number of hydrogen-bond donors (Lipinski definition) is 0. The lowest BCUT2D eigenvalue weighted by Crippen LogP contribution is -2.61. The number of aryl methyl sites for hydroxylation is 2. The van der Waals surface area contributed by atoms with Gasteiger partial charge in [0.25, 0.3) is 6.71 Å². The van der Waals surface area contributed by atoms with Gasteiger partial charge in [-0.05, 0) is 124 Å². The average Bonchev–Trinajstić information content (AvgIpc) is 3.99. The minimum Gasteiger partial charge on any atom is -0.456 e. The van der Waals surface area contributed by atoms with Crippen LogP contribution in [0.1, 0.15) is 37.5 Å². The normalized spacial score (nSPS) is 13.0. The van der Waals surface area contributed by atoms with E-state index in [4.69, 9.17) is 4.74 Å². The molecule has 4 heterocycles. The molecule has 0 bridgehead atoms. The Hall–Kier alpha value is -9.32. The van der Waals surface area contributed by atoms with Crippen molar-refractivity contribution in [2.75, 3.05) is 9.80 Å². The maximum absolute atomic E-state index is 7.29. The molecule has 0 N–H and O–H groups in total. The molecule has 0 saturated heterocycles. The molecule has 5 heteroatoms. The topological polar surface area (TPSA) is 20.6 Å². The van der Waals surface area contributed by atoms with E-state index in [0.29, 0.717) is 0 Å². The summed E-state index contributed by atoms with van der Waals surface area (Å²) in [4.78, 5) is 5.32. The third kappa shape index (κ3) is 6.86. The van der Waals surface area contributed by atoms with Gasteiger partial charge in [0, 0.05) is 67.0 Å². The van der Waals surface area contributed by atoms with E-state index in [0.717, 1.165) is 73.1 Å². The van der Waals surface area contributed by atoms with Crippen LogP contribution in [0.2, 0.25) is 0 Å². The van der Waals surface area contributed by atoms with Gasteiger partial charge in [0.15, 0.2) is 0 Å². The van der Waals surface area contributed by atoms with Gasteiger partial charge in [0.1, 0.15) is 11.5 Å². The first kappa shape index (κ1) is 45.1. The van der Waals surface area contributed by atoms with Gasteiger partial charge in [-0.3, -0.25) is 0 Å². The molecule has 0 radical (unpaired) electrons. The Morgan fingerprint density at radius 3 is 1.58 bits per heavy atom. The fourth-order valence-corrected chi connectivity index (χ4v) is 13.0. The number of nitrogens with zero attached hydrogens (tertiary/aromatic N) is 3. The Labute approximate surface area is 450 Å². The van der Waals surface area contributed by atoms with Crippen LogP contribution in [0.3, 0.4) is 0 Å². The van der Waals surface area contributed by atoms with Crippen molar-refractivity contribution in [3.63, 3.8) is 0 Å². The van der Waals surface area contributed by atoms with Crippen LogP contribution in [0.25, 0.3) is 72.0 Å². The molecule has 11 aromatic carbocycles. The minimum absolute atomic E-state index is 0.180. The maximum Gasteiger partial charge on any atom is 0.252 e. The van der Waals surface area contributed by atoms with Gasteiger partial charge in [-0.15, -0.1) is 0 Å². The summed E-state index contributed by atoms with van der Waals surface area (Å²) in [5.41, 5.74) is 26.6. The van der Waals surface area contributed by atoms with Gasteiger partial charge in [0.05, 0.1) is 22.4 Å². The molecule has 0 unspecified atom stereocenters. The lowest BCUT2D eigenvalue weighted by atomic mass is 9.33. The molecule has 0 spiro atoms. The molecule has 3 aliphatic heterocycles. The van der Waals surface area contributed by atoms with E-state index in [1.807, 2.05) is 0 Å². The van der Waals surface area contributed by atoms with Gasteiger partial charge in [0.2, 0.25) is 0 Å². The van der Waals surface area contributed by atoms with Gasteiger partial charge in [-0.2, -0.15) is 0 Å². The van der Waals surface area contributed by atoms with Crippen LogP contribution in [0.4, 0.5) is 34.1 Å². The largest absolute Gasteiger partial charge is 0.456 e. The van der Waals surface area contributed by atoms with Crippen molar-refractivity contribution in [1.82, 2.24) is 4.57 Å². The second-order valence-electron chi connectivity index (χ2n) is 22.1. The highest BCUT2D eigenvalue weighted by Crippen LogP contribution is 2.56. The lowest BCUT2D eigenvalue weighted by molar-refractivity contribution is 0.486. The summed E-state index contributed by atoms with van der Waals surface area (Å²) in [6.45, 7) is 11.5. The molecule has 1 aromatic heterocycles. The Morgan fingerprint density at radius 1 is 0.377 bits per heavy atom. The highest BCUT2D eigenvalue weighted by atomic mass is 16.5. The van der Waals surface area contributed by atoms with Crippen molar-refractivity contribution < 1.29 is 4.74 Å². The van der Waals surface area contributed by atoms with Crippen LogP contribution in [0, 0.1) is 13.8 Å². The molecule has 366 valence electrons. The van der Waals surface area contributed by atoms with Crippen LogP contribution in [-0.4, -0.2) is 11.3 Å². The van der Waals surface area contributed by atoms with Crippen molar-refractivity contribution in [3.8, 4) is 61.7 Å². The number of fused-ring (bicyclic) bond motifs is 13. The zero-order valence-electron chi connectivity index (χ0n) is 43.8. The zero-order valence-corrected chi connectivity index (χ0v) is 43.8. The Kier molecular flexibility index (Phi) is 10.0. The third-order valence-corrected chi connectivity index (χ3v) is 16.5. The number of para-hydroxylation sites is 6. The fourth-order valence-electron chi connectivity index (χ4n) is 13.0. The first-order valence-corrected chi connectivity index (χ1v) is 27.0. The van der Waals surface area contributed by atoms with E-state index < -0.39 is 0 Å². The summed E-state index contributed by atoms with van der Waals surface area (Å²) in [6, 6.07) is 87.8. The third-order valence-electron chi connectivity index (χ3n) is 16.5. The van der Waals surface area contributed by atoms with Crippen molar-refractivity contribution in [3.05, 3.63) is 253 Å². The highest BCUT2D eigenvalue weighted by molar-refractivity contribution is 7.00. The number of anilines is 6. The molecule has 15 rings (SSSR count). The summed E-state index contributed by atoms with van der Waals surface area (Å²) in [7, 11) is 0. The van der Waals surface area contributed by atoms with Crippen LogP contribution in [0.15, 0.2) is 237 Å². The number of benzene rings is 11. The fraction of sp³-hybridized carbons (Fsp3) is 0.0833. The van der Waals surface area contributed by atoms with Crippen molar-refractivity contribution in [2.24, 2.45) is 0 Å². The van der Waals surface area contributed by atoms with Gasteiger partial charge in [-0.1, -0.05) is 203 Å². The smallest absolute Gasteiger partial charge is 0.252 e. The van der Waals surface area contributed by atoms with Gasteiger partial charge < -0.3 is 19.1 Å². The van der Waals surface area contributed by atoms with Crippen LogP contribution in [-0.2, 0) is 5.41 Å². The SMILES string of the molecule is Cc1cccc(C)c1N1c2cc(-n3c4ccccc4c4ccccc43)ccc2B2c3cc(-c4ccccc4)cc4c3N(c3cc(C(C)(C)C)cc1c32)c1c(-c2ccccc2)cccc1-c1ccccc1Oc1ccccc1-4. The number of aromatic nitrogens is 1. The van der Waals surface area contributed by atoms with E-state index in [1.165, 1.54) is 77.6 Å². The van der Waals surface area contributed by atoms with Crippen molar-refractivity contribution in [2.45, 2.75) is 40.0 Å². The Balaban J connectivity index is 1.15. The van der Waals surface area contributed by atoms with Crippen molar-refractivity contribution in [1.29, 1.82) is 0 Å². The quantitative estimate of drug-likeness (QED) is 0.164. The molecule has 77 heavy (non-hydrogen) atoms. The summed E-state index contributed by atoms with van der Waals surface area (Å²) < 4.78 is 9.76. The molecule has 0 fully saturated rings. The Morgan fingerprint density at radius 2 is 0.922 bits per heavy atom. The van der Waals surface area contributed by atoms with E-state index in [1.54, 1.807) is 0 Å². The molecule has 0 atom stereocenters. The molecule has 0 saturated carbocycles. The summed E-state index contributed by atoms with van der Waals surface area (Å²) in [6.07, 6.45) is 0. The van der Waals surface area contributed by atoms with Crippen LogP contribution in [0.5, 0.6) is 11.5 Å². The molecular weight excluding hydrogens is 934 g/mol. The number of rotatable bonds is 4. The number of ether oxygens (including phenoxy) is 1. The minimum atomic E-state index is -0.231. The summed E-state index contributed by atoms with van der Waals surface area (Å²) in [5.74, 6) is 1.62. The second kappa shape index (κ2) is 17.1. The second-order valence-corrected chi connectivity index (χ2v) is 22.1. The van der Waals surface area contributed by atoms with E-state index in [9.17, 15) is 0 Å². The molecule has 4 nitrogen and oxygen atoms in total. The predicted octanol–water partition coefficient (Wildman–Crippen LogP) is 17.6. The monoisotopic (exact) mass is 987 g/mol. The molecule has 0 amide bonds. The lowest BCUT2D eigenvalue weighted by Gasteiger charge is -2.47. The Bertz CT molecular complexity index is 4320. The van der Waals surface area contributed by atoms with E-state index >= 15 is 0 Å². The first-order valence-electron chi connectivity index (χ1n) is 27.0. The van der Waals surface area contributed by atoms with Crippen LogP contribution >= 0.6 is 0 Å². The summed E-state index contributed by atoms with van der Waals surface area (Å²) in [5, 5.41) is 2.49.